The molecule has 1 aromatic heterocycles. The Labute approximate surface area is 113 Å². The van der Waals surface area contributed by atoms with E-state index in [1.54, 1.807) is 12.3 Å². The number of aromatic carboxylic acids is 1. The number of nitrogens with zero attached hydrogens (tertiary/aromatic N) is 2. The molecule has 0 spiro atoms. The largest absolute Gasteiger partial charge is 0.478 e. The Bertz CT molecular complexity index is 615. The van der Waals surface area contributed by atoms with E-state index in [4.69, 9.17) is 0 Å². The van der Waals surface area contributed by atoms with Crippen molar-refractivity contribution in [1.82, 2.24) is 9.78 Å². The summed E-state index contributed by atoms with van der Waals surface area (Å²) in [6.07, 6.45) is 6.39. The summed E-state index contributed by atoms with van der Waals surface area (Å²) in [4.78, 5) is 11.2. The Morgan fingerprint density at radius 1 is 1.39 bits per heavy atom. The second-order valence-corrected chi connectivity index (χ2v) is 5.63. The highest BCUT2D eigenvalue weighted by Gasteiger charge is 2.21. The highest BCUT2D eigenvalue weighted by molar-refractivity contribution is 9.10. The van der Waals surface area contributed by atoms with Gasteiger partial charge in [0, 0.05) is 9.86 Å². The summed E-state index contributed by atoms with van der Waals surface area (Å²) in [7, 11) is 0. The van der Waals surface area contributed by atoms with Gasteiger partial charge in [-0.15, -0.1) is 0 Å². The van der Waals surface area contributed by atoms with E-state index in [1.807, 2.05) is 10.7 Å². The highest BCUT2D eigenvalue weighted by Crippen LogP contribution is 2.33. The second kappa shape index (κ2) is 4.39. The maximum Gasteiger partial charge on any atom is 0.336 e. The lowest BCUT2D eigenvalue weighted by Crippen LogP contribution is -2.06. The predicted octanol–water partition coefficient (Wildman–Crippen LogP) is 3.61. The monoisotopic (exact) mass is 308 g/mol. The van der Waals surface area contributed by atoms with Gasteiger partial charge in [0.05, 0.1) is 23.3 Å². The van der Waals surface area contributed by atoms with E-state index >= 15 is 0 Å². The molecule has 1 fully saturated rings. The molecule has 1 N–H and O–H groups in total. The summed E-state index contributed by atoms with van der Waals surface area (Å²) >= 11 is 3.37. The molecule has 0 amide bonds. The van der Waals surface area contributed by atoms with E-state index in [9.17, 15) is 9.90 Å². The van der Waals surface area contributed by atoms with Crippen molar-refractivity contribution < 1.29 is 9.90 Å². The van der Waals surface area contributed by atoms with E-state index in [0.29, 0.717) is 11.6 Å². The molecule has 1 aliphatic rings. The summed E-state index contributed by atoms with van der Waals surface area (Å²) in [5.41, 5.74) is 1.22. The zero-order valence-electron chi connectivity index (χ0n) is 9.77. The first-order chi connectivity index (χ1) is 8.66. The minimum atomic E-state index is -0.910. The molecule has 0 bridgehead atoms. The van der Waals surface area contributed by atoms with Crippen molar-refractivity contribution in [3.8, 4) is 0 Å². The van der Waals surface area contributed by atoms with Crippen molar-refractivity contribution in [2.45, 2.75) is 31.7 Å². The molecule has 94 valence electrons. The van der Waals surface area contributed by atoms with Crippen LogP contribution < -0.4 is 0 Å². The van der Waals surface area contributed by atoms with E-state index in [-0.39, 0.29) is 0 Å². The number of carboxylic acids is 1. The van der Waals surface area contributed by atoms with Gasteiger partial charge in [-0.1, -0.05) is 28.8 Å². The van der Waals surface area contributed by atoms with Gasteiger partial charge in [-0.05, 0) is 25.0 Å². The summed E-state index contributed by atoms with van der Waals surface area (Å²) in [5, 5.41) is 14.3. The number of aromatic nitrogens is 2. The number of rotatable bonds is 2. The fourth-order valence-electron chi connectivity index (χ4n) is 2.73. The van der Waals surface area contributed by atoms with Crippen LogP contribution in [0.1, 0.15) is 42.1 Å². The van der Waals surface area contributed by atoms with E-state index in [2.05, 4.69) is 21.0 Å². The van der Waals surface area contributed by atoms with E-state index < -0.39 is 5.97 Å². The van der Waals surface area contributed by atoms with Crippen molar-refractivity contribution >= 4 is 32.8 Å². The zero-order valence-corrected chi connectivity index (χ0v) is 11.4. The number of hydrogen-bond acceptors (Lipinski definition) is 2. The molecule has 1 aromatic carbocycles. The van der Waals surface area contributed by atoms with Crippen LogP contribution in [0.2, 0.25) is 0 Å². The Hall–Kier alpha value is -1.36. The van der Waals surface area contributed by atoms with Crippen molar-refractivity contribution in [1.29, 1.82) is 0 Å². The number of carbonyl (C=O) groups is 1. The van der Waals surface area contributed by atoms with E-state index in [0.717, 1.165) is 28.2 Å². The minimum Gasteiger partial charge on any atom is -0.478 e. The van der Waals surface area contributed by atoms with Gasteiger partial charge in [-0.25, -0.2) is 4.79 Å². The third-order valence-corrected chi connectivity index (χ3v) is 4.04. The van der Waals surface area contributed by atoms with Gasteiger partial charge in [-0.2, -0.15) is 5.10 Å². The topological polar surface area (TPSA) is 55.1 Å². The van der Waals surface area contributed by atoms with Gasteiger partial charge in [0.1, 0.15) is 0 Å². The quantitative estimate of drug-likeness (QED) is 0.922. The molecule has 0 saturated heterocycles. The molecule has 1 heterocycles. The first-order valence-corrected chi connectivity index (χ1v) is 6.86. The fourth-order valence-corrected chi connectivity index (χ4v) is 3.17. The Morgan fingerprint density at radius 3 is 2.78 bits per heavy atom. The van der Waals surface area contributed by atoms with Crippen molar-refractivity contribution in [3.63, 3.8) is 0 Å². The van der Waals surface area contributed by atoms with Crippen LogP contribution >= 0.6 is 15.9 Å². The first kappa shape index (κ1) is 11.7. The highest BCUT2D eigenvalue weighted by atomic mass is 79.9. The zero-order chi connectivity index (χ0) is 12.7. The minimum absolute atomic E-state index is 0.309. The van der Waals surface area contributed by atoms with Crippen LogP contribution in [-0.4, -0.2) is 20.9 Å². The van der Waals surface area contributed by atoms with Crippen LogP contribution in [0.4, 0.5) is 0 Å². The summed E-state index contributed by atoms with van der Waals surface area (Å²) in [6, 6.07) is 4.00. The number of hydrogen-bond donors (Lipinski definition) is 1. The van der Waals surface area contributed by atoms with Crippen molar-refractivity contribution in [3.05, 3.63) is 28.4 Å². The predicted molar refractivity (Wildman–Crippen MR) is 71.9 cm³/mol. The molecule has 2 aromatic rings. The van der Waals surface area contributed by atoms with Crippen LogP contribution in [0.15, 0.2) is 22.8 Å². The van der Waals surface area contributed by atoms with Gasteiger partial charge >= 0.3 is 5.97 Å². The lowest BCUT2D eigenvalue weighted by atomic mass is 10.1. The molecule has 0 unspecified atom stereocenters. The van der Waals surface area contributed by atoms with Gasteiger partial charge in [0.15, 0.2) is 0 Å². The molecule has 1 saturated carbocycles. The molecule has 5 heteroatoms. The van der Waals surface area contributed by atoms with Crippen molar-refractivity contribution in [2.24, 2.45) is 0 Å². The van der Waals surface area contributed by atoms with Crippen LogP contribution in [0, 0.1) is 0 Å². The van der Waals surface area contributed by atoms with Crippen LogP contribution in [-0.2, 0) is 0 Å². The standard InChI is InChI=1S/C13H13BrN2O2/c14-8-5-10(13(17)18)11-7-15-16(12(11)6-8)9-3-1-2-4-9/h5-7,9H,1-4H2,(H,17,18). The maximum absolute atomic E-state index is 11.2. The first-order valence-electron chi connectivity index (χ1n) is 6.07. The summed E-state index contributed by atoms with van der Waals surface area (Å²) < 4.78 is 2.77. The molecule has 4 nitrogen and oxygen atoms in total. The lowest BCUT2D eigenvalue weighted by Gasteiger charge is -2.11. The van der Waals surface area contributed by atoms with Gasteiger partial charge < -0.3 is 5.11 Å². The Morgan fingerprint density at radius 2 is 2.11 bits per heavy atom. The van der Waals surface area contributed by atoms with Crippen LogP contribution in [0.25, 0.3) is 10.9 Å². The number of carboxylic acid groups (broad SMARTS) is 1. The van der Waals surface area contributed by atoms with E-state index in [1.165, 1.54) is 12.8 Å². The van der Waals surface area contributed by atoms with Gasteiger partial charge in [0.25, 0.3) is 0 Å². The normalized spacial score (nSPS) is 16.5. The third-order valence-electron chi connectivity index (χ3n) is 3.58. The van der Waals surface area contributed by atoms with Crippen molar-refractivity contribution in [2.75, 3.05) is 0 Å². The summed E-state index contributed by atoms with van der Waals surface area (Å²) in [6.45, 7) is 0. The third kappa shape index (κ3) is 1.82. The smallest absolute Gasteiger partial charge is 0.336 e. The molecule has 0 atom stereocenters. The number of fused-ring (bicyclic) bond motifs is 1. The molecule has 1 aliphatic carbocycles. The SMILES string of the molecule is O=C(O)c1cc(Br)cc2c1cnn2C1CCCC1. The Kier molecular flexibility index (Phi) is 2.86. The average molecular weight is 309 g/mol. The fraction of sp³-hybridized carbons (Fsp3) is 0.385. The molecule has 0 radical (unpaired) electrons. The number of halogens is 1. The van der Waals surface area contributed by atoms with Crippen LogP contribution in [0.5, 0.6) is 0 Å². The average Bonchev–Trinajstić information content (AvgIpc) is 2.94. The molecular weight excluding hydrogens is 296 g/mol. The molecule has 18 heavy (non-hydrogen) atoms. The number of benzene rings is 1. The van der Waals surface area contributed by atoms with Crippen LogP contribution in [0.3, 0.4) is 0 Å². The maximum atomic E-state index is 11.2. The lowest BCUT2D eigenvalue weighted by molar-refractivity contribution is 0.0699. The molecule has 3 rings (SSSR count). The van der Waals surface area contributed by atoms with Gasteiger partial charge in [0.2, 0.25) is 0 Å². The molecular formula is C13H13BrN2O2. The summed E-state index contributed by atoms with van der Waals surface area (Å²) in [5.74, 6) is -0.910. The van der Waals surface area contributed by atoms with Gasteiger partial charge in [-0.3, -0.25) is 4.68 Å². The Balaban J connectivity index is 2.20. The molecule has 0 aliphatic heterocycles. The second-order valence-electron chi connectivity index (χ2n) is 4.72.